The second-order valence-corrected chi connectivity index (χ2v) is 5.07. The van der Waals surface area contributed by atoms with Gasteiger partial charge in [0.1, 0.15) is 24.3 Å². The highest BCUT2D eigenvalue weighted by Gasteiger charge is 2.30. The number of benzene rings is 1. The molecule has 2 unspecified atom stereocenters. The number of halogens is 2. The average Bonchev–Trinajstić information content (AvgIpc) is 2.88. The van der Waals surface area contributed by atoms with Crippen LogP contribution in [0.1, 0.15) is 12.8 Å². The van der Waals surface area contributed by atoms with Gasteiger partial charge in [0.05, 0.1) is 10.6 Å². The molecule has 5 nitrogen and oxygen atoms in total. The molecule has 3 N–H and O–H groups in total. The van der Waals surface area contributed by atoms with Crippen LogP contribution in [0.3, 0.4) is 0 Å². The molecule has 1 aromatic rings. The summed E-state index contributed by atoms with van der Waals surface area (Å²) >= 11 is 3.27. The molecule has 0 bridgehead atoms. The van der Waals surface area contributed by atoms with Gasteiger partial charge in [0.2, 0.25) is 0 Å². The second-order valence-electron chi connectivity index (χ2n) is 4.22. The second kappa shape index (κ2) is 6.31. The number of amides is 1. The number of nitrogens with two attached hydrogens (primary N) is 1. The van der Waals surface area contributed by atoms with Crippen LogP contribution in [0.5, 0.6) is 5.75 Å². The summed E-state index contributed by atoms with van der Waals surface area (Å²) in [7, 11) is 0. The SMILES string of the molecule is NNC(=O)C1CCC(COc2cc(F)ccc2Br)O1. The molecular formula is C12H14BrFN2O3. The van der Waals surface area contributed by atoms with Gasteiger partial charge >= 0.3 is 0 Å². The predicted octanol–water partition coefficient (Wildman–Crippen LogP) is 1.50. The summed E-state index contributed by atoms with van der Waals surface area (Å²) < 4.78 is 24.7. The zero-order chi connectivity index (χ0) is 13.8. The van der Waals surface area contributed by atoms with Crippen LogP contribution in [0, 0.1) is 5.82 Å². The van der Waals surface area contributed by atoms with Gasteiger partial charge in [-0.3, -0.25) is 10.2 Å². The van der Waals surface area contributed by atoms with Crippen molar-refractivity contribution in [3.8, 4) is 5.75 Å². The summed E-state index contributed by atoms with van der Waals surface area (Å²) in [6.45, 7) is 0.260. The number of hydrazine groups is 1. The maximum atomic E-state index is 13.1. The Kier molecular flexibility index (Phi) is 4.73. The van der Waals surface area contributed by atoms with Crippen molar-refractivity contribution in [1.82, 2.24) is 5.43 Å². The van der Waals surface area contributed by atoms with Gasteiger partial charge in [-0.2, -0.15) is 0 Å². The average molecular weight is 333 g/mol. The van der Waals surface area contributed by atoms with Gasteiger partial charge in [0.25, 0.3) is 5.91 Å². The van der Waals surface area contributed by atoms with E-state index in [2.05, 4.69) is 21.4 Å². The molecule has 104 valence electrons. The molecule has 1 saturated heterocycles. The first kappa shape index (κ1) is 14.2. The first-order valence-corrected chi connectivity index (χ1v) is 6.63. The molecule has 0 spiro atoms. The van der Waals surface area contributed by atoms with Gasteiger partial charge in [-0.1, -0.05) is 0 Å². The molecule has 19 heavy (non-hydrogen) atoms. The van der Waals surface area contributed by atoms with E-state index in [1.54, 1.807) is 6.07 Å². The van der Waals surface area contributed by atoms with E-state index in [9.17, 15) is 9.18 Å². The van der Waals surface area contributed by atoms with Crippen LogP contribution >= 0.6 is 15.9 Å². The van der Waals surface area contributed by atoms with E-state index < -0.39 is 6.10 Å². The minimum absolute atomic E-state index is 0.197. The number of carbonyl (C=O) groups is 1. The van der Waals surface area contributed by atoms with E-state index >= 15 is 0 Å². The van der Waals surface area contributed by atoms with Gasteiger partial charge in [-0.25, -0.2) is 10.2 Å². The number of nitrogens with one attached hydrogen (secondary N) is 1. The Labute approximate surface area is 118 Å². The van der Waals surface area contributed by atoms with Crippen LogP contribution < -0.4 is 16.0 Å². The smallest absolute Gasteiger partial charge is 0.263 e. The molecule has 0 saturated carbocycles. The van der Waals surface area contributed by atoms with E-state index in [1.165, 1.54) is 12.1 Å². The van der Waals surface area contributed by atoms with Crippen molar-refractivity contribution >= 4 is 21.8 Å². The fourth-order valence-corrected chi connectivity index (χ4v) is 2.25. The lowest BCUT2D eigenvalue weighted by molar-refractivity contribution is -0.132. The topological polar surface area (TPSA) is 73.6 Å². The van der Waals surface area contributed by atoms with E-state index in [-0.39, 0.29) is 24.4 Å². The molecule has 1 aromatic carbocycles. The summed E-state index contributed by atoms with van der Waals surface area (Å²) in [5.74, 6) is 4.74. The lowest BCUT2D eigenvalue weighted by atomic mass is 10.2. The Bertz CT molecular complexity index is 472. The van der Waals surface area contributed by atoms with Crippen molar-refractivity contribution in [2.75, 3.05) is 6.61 Å². The molecule has 1 amide bonds. The Hall–Kier alpha value is -1.18. The molecule has 1 fully saturated rings. The van der Waals surface area contributed by atoms with Gasteiger partial charge in [-0.05, 0) is 40.9 Å². The Morgan fingerprint density at radius 1 is 1.58 bits per heavy atom. The van der Waals surface area contributed by atoms with Crippen LogP contribution in [0.2, 0.25) is 0 Å². The largest absolute Gasteiger partial charge is 0.490 e. The third-order valence-corrected chi connectivity index (χ3v) is 3.52. The van der Waals surface area contributed by atoms with Gasteiger partial charge in [0.15, 0.2) is 0 Å². The zero-order valence-electron chi connectivity index (χ0n) is 10.1. The fraction of sp³-hybridized carbons (Fsp3) is 0.417. The third-order valence-electron chi connectivity index (χ3n) is 2.86. The summed E-state index contributed by atoms with van der Waals surface area (Å²) in [6, 6.07) is 4.21. The summed E-state index contributed by atoms with van der Waals surface area (Å²) in [4.78, 5) is 11.3. The van der Waals surface area contributed by atoms with Crippen LogP contribution in [0.4, 0.5) is 4.39 Å². The molecule has 1 aliphatic rings. The van der Waals surface area contributed by atoms with Crippen molar-refractivity contribution in [3.63, 3.8) is 0 Å². The molecule has 7 heteroatoms. The quantitative estimate of drug-likeness (QED) is 0.498. The van der Waals surface area contributed by atoms with Gasteiger partial charge < -0.3 is 9.47 Å². The van der Waals surface area contributed by atoms with Crippen LogP contribution in [0.25, 0.3) is 0 Å². The number of hydrogen-bond donors (Lipinski definition) is 2. The molecule has 0 aromatic heterocycles. The first-order chi connectivity index (χ1) is 9.10. The highest BCUT2D eigenvalue weighted by Crippen LogP contribution is 2.27. The molecule has 0 aliphatic carbocycles. The summed E-state index contributed by atoms with van der Waals surface area (Å²) in [5, 5.41) is 0. The Morgan fingerprint density at radius 2 is 2.37 bits per heavy atom. The molecule has 1 aliphatic heterocycles. The van der Waals surface area contributed by atoms with E-state index in [0.29, 0.717) is 23.1 Å². The maximum Gasteiger partial charge on any atom is 0.263 e. The Balaban J connectivity index is 1.87. The summed E-state index contributed by atoms with van der Waals surface area (Å²) in [5.41, 5.74) is 2.06. The van der Waals surface area contributed by atoms with E-state index in [4.69, 9.17) is 15.3 Å². The molecule has 0 radical (unpaired) electrons. The van der Waals surface area contributed by atoms with E-state index in [1.807, 2.05) is 0 Å². The molecule has 1 heterocycles. The van der Waals surface area contributed by atoms with Crippen LogP contribution in [-0.4, -0.2) is 24.7 Å². The van der Waals surface area contributed by atoms with Crippen molar-refractivity contribution in [3.05, 3.63) is 28.5 Å². The first-order valence-electron chi connectivity index (χ1n) is 5.84. The minimum atomic E-state index is -0.533. The molecular weight excluding hydrogens is 319 g/mol. The lowest BCUT2D eigenvalue weighted by Crippen LogP contribution is -2.39. The van der Waals surface area contributed by atoms with Gasteiger partial charge in [-0.15, -0.1) is 0 Å². The maximum absolute atomic E-state index is 13.1. The number of hydrogen-bond acceptors (Lipinski definition) is 4. The van der Waals surface area contributed by atoms with Crippen molar-refractivity contribution in [2.24, 2.45) is 5.84 Å². The number of carbonyl (C=O) groups excluding carboxylic acids is 1. The normalized spacial score (nSPS) is 22.3. The lowest BCUT2D eigenvalue weighted by Gasteiger charge is -2.14. The fourth-order valence-electron chi connectivity index (χ4n) is 1.88. The minimum Gasteiger partial charge on any atom is -0.490 e. The standard InChI is InChI=1S/C12H14BrFN2O3/c13-9-3-1-7(14)5-11(9)18-6-8-2-4-10(19-8)12(17)16-15/h1,3,5,8,10H,2,4,6,15H2,(H,16,17). The highest BCUT2D eigenvalue weighted by atomic mass is 79.9. The van der Waals surface area contributed by atoms with E-state index in [0.717, 1.165) is 0 Å². The molecule has 2 atom stereocenters. The Morgan fingerprint density at radius 3 is 3.11 bits per heavy atom. The monoisotopic (exact) mass is 332 g/mol. The predicted molar refractivity (Wildman–Crippen MR) is 69.8 cm³/mol. The van der Waals surface area contributed by atoms with Crippen molar-refractivity contribution in [1.29, 1.82) is 0 Å². The number of ether oxygens (including phenoxy) is 2. The van der Waals surface area contributed by atoms with Crippen LogP contribution in [-0.2, 0) is 9.53 Å². The van der Waals surface area contributed by atoms with Gasteiger partial charge in [0, 0.05) is 6.07 Å². The third kappa shape index (κ3) is 3.65. The van der Waals surface area contributed by atoms with Crippen molar-refractivity contribution < 1.29 is 18.7 Å². The summed E-state index contributed by atoms with van der Waals surface area (Å²) in [6.07, 6.45) is 0.568. The molecule has 2 rings (SSSR count). The highest BCUT2D eigenvalue weighted by molar-refractivity contribution is 9.10. The number of rotatable bonds is 4. The zero-order valence-corrected chi connectivity index (χ0v) is 11.7. The van der Waals surface area contributed by atoms with Crippen LogP contribution in [0.15, 0.2) is 22.7 Å². The van der Waals surface area contributed by atoms with Crippen molar-refractivity contribution in [2.45, 2.75) is 25.0 Å².